The highest BCUT2D eigenvalue weighted by atomic mass is 16.5. The molecule has 1 heterocycles. The second kappa shape index (κ2) is 12.7. The molecular weight excluding hydrogens is 258 g/mol. The highest BCUT2D eigenvalue weighted by molar-refractivity contribution is 5.65. The number of hydrogen-bond acceptors (Lipinski definition) is 2. The molecule has 0 aromatic rings. The molecule has 0 saturated carbocycles. The van der Waals surface area contributed by atoms with E-state index in [0.29, 0.717) is 6.61 Å². The largest absolute Gasteiger partial charge is 0.481 e. The van der Waals surface area contributed by atoms with Crippen molar-refractivity contribution < 1.29 is 4.74 Å². The minimum Gasteiger partial charge on any atom is -0.481 e. The summed E-state index contributed by atoms with van der Waals surface area (Å²) in [4.78, 5) is 4.37. The zero-order valence-electron chi connectivity index (χ0n) is 13.5. The Morgan fingerprint density at radius 1 is 1.43 bits per heavy atom. The van der Waals surface area contributed by atoms with Crippen LogP contribution in [0.15, 0.2) is 65.1 Å². The van der Waals surface area contributed by atoms with Gasteiger partial charge in [0.15, 0.2) is 0 Å². The van der Waals surface area contributed by atoms with Crippen LogP contribution in [0.2, 0.25) is 0 Å². The normalized spacial score (nSPS) is 13.5. The van der Waals surface area contributed by atoms with Gasteiger partial charge >= 0.3 is 0 Å². The predicted molar refractivity (Wildman–Crippen MR) is 93.1 cm³/mol. The van der Waals surface area contributed by atoms with Gasteiger partial charge in [-0.25, -0.2) is 0 Å². The van der Waals surface area contributed by atoms with E-state index in [2.05, 4.69) is 23.4 Å². The van der Waals surface area contributed by atoms with Gasteiger partial charge in [0.05, 0.1) is 5.70 Å². The van der Waals surface area contributed by atoms with E-state index < -0.39 is 0 Å². The zero-order valence-corrected chi connectivity index (χ0v) is 13.5. The van der Waals surface area contributed by atoms with E-state index in [1.165, 1.54) is 0 Å². The predicted octanol–water partition coefficient (Wildman–Crippen LogP) is 4.98. The van der Waals surface area contributed by atoms with Crippen LogP contribution in [0.5, 0.6) is 0 Å². The maximum atomic E-state index is 5.56. The molecule has 2 heteroatoms. The minimum absolute atomic E-state index is 0.396. The molecule has 0 aromatic heterocycles. The van der Waals surface area contributed by atoms with Gasteiger partial charge in [0.2, 0.25) is 0 Å². The summed E-state index contributed by atoms with van der Waals surface area (Å²) in [7, 11) is 0. The van der Waals surface area contributed by atoms with Crippen LogP contribution in [0.25, 0.3) is 0 Å². The van der Waals surface area contributed by atoms with E-state index >= 15 is 0 Å². The Morgan fingerprint density at radius 2 is 2.19 bits per heavy atom. The first kappa shape index (κ1) is 18.7. The van der Waals surface area contributed by atoms with Crippen molar-refractivity contribution in [2.45, 2.75) is 34.1 Å². The Morgan fingerprint density at radius 3 is 2.86 bits per heavy atom. The molecule has 0 unspecified atom stereocenters. The Labute approximate surface area is 129 Å². The summed E-state index contributed by atoms with van der Waals surface area (Å²) in [6, 6.07) is 0. The molecule has 1 rings (SSSR count). The van der Waals surface area contributed by atoms with Crippen molar-refractivity contribution >= 4 is 6.21 Å². The number of rotatable bonds is 5. The number of ether oxygens (including phenoxy) is 1. The zero-order chi connectivity index (χ0) is 15.9. The first-order valence-electron chi connectivity index (χ1n) is 7.23. The smallest absolute Gasteiger partial charge is 0.149 e. The molecule has 1 aliphatic heterocycles. The summed E-state index contributed by atoms with van der Waals surface area (Å²) in [5.74, 6) is 6.46. The van der Waals surface area contributed by atoms with Crippen LogP contribution in [0.3, 0.4) is 0 Å². The van der Waals surface area contributed by atoms with Crippen LogP contribution in [-0.4, -0.2) is 12.8 Å². The molecule has 0 atom stereocenters. The Bertz CT molecular complexity index is 520. The first-order chi connectivity index (χ1) is 10.3. The molecule has 0 bridgehead atoms. The summed E-state index contributed by atoms with van der Waals surface area (Å²) in [5.41, 5.74) is 1.67. The van der Waals surface area contributed by atoms with E-state index in [9.17, 15) is 0 Å². The fourth-order valence-corrected chi connectivity index (χ4v) is 1.39. The van der Waals surface area contributed by atoms with Gasteiger partial charge in [-0.1, -0.05) is 50.7 Å². The molecule has 0 N–H and O–H groups in total. The summed E-state index contributed by atoms with van der Waals surface area (Å²) in [6.45, 7) is 12.2. The molecular formula is C19H25NO. The van der Waals surface area contributed by atoms with E-state index in [1.54, 1.807) is 6.92 Å². The number of aliphatic imine (C=N–C) groups is 1. The second-order valence-electron chi connectivity index (χ2n) is 3.81. The van der Waals surface area contributed by atoms with Crippen molar-refractivity contribution in [3.05, 3.63) is 60.1 Å². The average molecular weight is 283 g/mol. The average Bonchev–Trinajstić information content (AvgIpc) is 2.75. The number of hydrogen-bond donors (Lipinski definition) is 0. The van der Waals surface area contributed by atoms with E-state index in [0.717, 1.165) is 23.5 Å². The van der Waals surface area contributed by atoms with Crippen molar-refractivity contribution in [2.75, 3.05) is 6.61 Å². The third-order valence-electron chi connectivity index (χ3n) is 2.35. The fourth-order valence-electron chi connectivity index (χ4n) is 1.39. The highest BCUT2D eigenvalue weighted by Gasteiger charge is 2.03. The minimum atomic E-state index is 0.396. The summed E-state index contributed by atoms with van der Waals surface area (Å²) in [5, 5.41) is 0. The molecule has 2 nitrogen and oxygen atoms in total. The van der Waals surface area contributed by atoms with Crippen LogP contribution < -0.4 is 0 Å². The third kappa shape index (κ3) is 8.49. The topological polar surface area (TPSA) is 21.6 Å². The maximum Gasteiger partial charge on any atom is 0.149 e. The monoisotopic (exact) mass is 283 g/mol. The molecule has 0 aromatic carbocycles. The van der Waals surface area contributed by atoms with Gasteiger partial charge in [-0.15, -0.1) is 5.92 Å². The highest BCUT2D eigenvalue weighted by Crippen LogP contribution is 2.17. The molecule has 0 radical (unpaired) electrons. The summed E-state index contributed by atoms with van der Waals surface area (Å²) < 4.78 is 5.56. The molecule has 0 saturated heterocycles. The molecule has 0 amide bonds. The Hall–Kier alpha value is -2.27. The maximum absolute atomic E-state index is 5.56. The van der Waals surface area contributed by atoms with Gasteiger partial charge in [0, 0.05) is 18.7 Å². The third-order valence-corrected chi connectivity index (χ3v) is 2.35. The van der Waals surface area contributed by atoms with Crippen LogP contribution in [0, 0.1) is 11.8 Å². The molecule has 0 aliphatic carbocycles. The molecule has 0 fully saturated rings. The van der Waals surface area contributed by atoms with Gasteiger partial charge in [-0.05, 0) is 25.5 Å². The SMILES string of the molecule is C=C(/C=C\C=C/C)C1=CC(OCC#CC)=CCC=N1.CC. The van der Waals surface area contributed by atoms with Crippen LogP contribution >= 0.6 is 0 Å². The van der Waals surface area contributed by atoms with Crippen LogP contribution in [-0.2, 0) is 4.74 Å². The van der Waals surface area contributed by atoms with Crippen molar-refractivity contribution in [3.8, 4) is 11.8 Å². The summed E-state index contributed by atoms with van der Waals surface area (Å²) in [6.07, 6.45) is 14.3. The lowest BCUT2D eigenvalue weighted by Crippen LogP contribution is -1.91. The van der Waals surface area contributed by atoms with Crippen molar-refractivity contribution in [1.29, 1.82) is 0 Å². The number of nitrogens with zero attached hydrogens (tertiary/aromatic N) is 1. The van der Waals surface area contributed by atoms with Crippen molar-refractivity contribution in [1.82, 2.24) is 0 Å². The standard InChI is InChI=1S/C17H19NO.C2H6/c1-4-6-8-10-15(3)17-14-16(11-9-12-18-17)19-13-7-5-2;1-2/h4,6,8,10-12,14H,3,9,13H2,1-2H3;1-2H3/b6-4-,10-8-;. The molecule has 1 aliphatic rings. The van der Waals surface area contributed by atoms with E-state index in [1.807, 2.05) is 63.4 Å². The fraction of sp³-hybridized carbons (Fsp3) is 0.316. The van der Waals surface area contributed by atoms with Gasteiger partial charge in [0.1, 0.15) is 12.4 Å². The number of allylic oxidation sites excluding steroid dienone is 6. The van der Waals surface area contributed by atoms with E-state index in [-0.39, 0.29) is 0 Å². The van der Waals surface area contributed by atoms with Gasteiger partial charge in [-0.3, -0.25) is 4.99 Å². The van der Waals surface area contributed by atoms with Gasteiger partial charge in [-0.2, -0.15) is 0 Å². The molecule has 112 valence electrons. The first-order valence-corrected chi connectivity index (χ1v) is 7.23. The lowest BCUT2D eigenvalue weighted by atomic mass is 10.2. The van der Waals surface area contributed by atoms with E-state index in [4.69, 9.17) is 4.74 Å². The van der Waals surface area contributed by atoms with Gasteiger partial charge < -0.3 is 4.74 Å². The van der Waals surface area contributed by atoms with Crippen molar-refractivity contribution in [3.63, 3.8) is 0 Å². The quantitative estimate of drug-likeness (QED) is 0.515. The lowest BCUT2D eigenvalue weighted by Gasteiger charge is -2.04. The molecule has 0 spiro atoms. The van der Waals surface area contributed by atoms with Crippen LogP contribution in [0.4, 0.5) is 0 Å². The summed E-state index contributed by atoms with van der Waals surface area (Å²) >= 11 is 0. The lowest BCUT2D eigenvalue weighted by molar-refractivity contribution is 0.266. The molecule has 21 heavy (non-hydrogen) atoms. The second-order valence-corrected chi connectivity index (χ2v) is 3.81. The van der Waals surface area contributed by atoms with Gasteiger partial charge in [0.25, 0.3) is 0 Å². The van der Waals surface area contributed by atoms with Crippen LogP contribution in [0.1, 0.15) is 34.1 Å². The Balaban J connectivity index is 0.00000191. The Kier molecular flexibility index (Phi) is 11.4. The van der Waals surface area contributed by atoms with Crippen molar-refractivity contribution in [2.24, 2.45) is 4.99 Å².